The molecule has 90 valence electrons. The van der Waals surface area contributed by atoms with E-state index in [1.165, 1.54) is 0 Å². The minimum absolute atomic E-state index is 0.150. The topological polar surface area (TPSA) is 55.5 Å². The predicted octanol–water partition coefficient (Wildman–Crippen LogP) is 2.02. The van der Waals surface area contributed by atoms with Crippen LogP contribution in [0.1, 0.15) is 31.0 Å². The summed E-state index contributed by atoms with van der Waals surface area (Å²) in [5.74, 6) is 0.993. The first-order valence-electron chi connectivity index (χ1n) is 5.55. The van der Waals surface area contributed by atoms with E-state index in [0.717, 1.165) is 16.9 Å². The minimum Gasteiger partial charge on any atom is -0.496 e. The fraction of sp³-hybridized carbons (Fsp3) is 0.538. The highest BCUT2D eigenvalue weighted by atomic mass is 16.5. The Labute approximate surface area is 97.2 Å². The quantitative estimate of drug-likeness (QED) is 0.821. The van der Waals surface area contributed by atoms with E-state index in [0.29, 0.717) is 0 Å². The van der Waals surface area contributed by atoms with E-state index in [2.05, 4.69) is 0 Å². The van der Waals surface area contributed by atoms with Crippen LogP contribution < -0.4 is 10.5 Å². The van der Waals surface area contributed by atoms with Gasteiger partial charge in [-0.1, -0.05) is 26.0 Å². The molecule has 0 aliphatic carbocycles. The second kappa shape index (κ2) is 5.32. The maximum atomic E-state index is 9.91. The van der Waals surface area contributed by atoms with Gasteiger partial charge in [0.25, 0.3) is 0 Å². The van der Waals surface area contributed by atoms with Crippen LogP contribution in [0.5, 0.6) is 5.75 Å². The molecule has 0 unspecified atom stereocenters. The molecule has 0 heterocycles. The zero-order valence-electron chi connectivity index (χ0n) is 10.4. The maximum absolute atomic E-state index is 9.91. The van der Waals surface area contributed by atoms with Crippen molar-refractivity contribution in [2.75, 3.05) is 7.11 Å². The summed E-state index contributed by atoms with van der Waals surface area (Å²) < 4.78 is 5.18. The van der Waals surface area contributed by atoms with Crippen molar-refractivity contribution in [2.24, 2.45) is 11.7 Å². The molecule has 2 atom stereocenters. The second-order valence-electron chi connectivity index (χ2n) is 4.49. The average Bonchev–Trinajstić information content (AvgIpc) is 2.26. The second-order valence-corrected chi connectivity index (χ2v) is 4.49. The molecule has 0 amide bonds. The molecule has 0 aliphatic rings. The minimum atomic E-state index is -0.521. The summed E-state index contributed by atoms with van der Waals surface area (Å²) in [6, 6.07) is 5.42. The largest absolute Gasteiger partial charge is 0.496 e. The van der Waals surface area contributed by atoms with Crippen molar-refractivity contribution in [1.82, 2.24) is 0 Å². The first kappa shape index (κ1) is 13.0. The van der Waals surface area contributed by atoms with Crippen molar-refractivity contribution in [3.8, 4) is 5.75 Å². The number of hydrogen-bond acceptors (Lipinski definition) is 3. The van der Waals surface area contributed by atoms with E-state index in [1.807, 2.05) is 39.0 Å². The molecule has 16 heavy (non-hydrogen) atoms. The molecule has 3 nitrogen and oxygen atoms in total. The van der Waals surface area contributed by atoms with Gasteiger partial charge in [-0.2, -0.15) is 0 Å². The van der Waals surface area contributed by atoms with Crippen molar-refractivity contribution < 1.29 is 9.84 Å². The Hall–Kier alpha value is -1.06. The summed E-state index contributed by atoms with van der Waals surface area (Å²) in [5.41, 5.74) is 7.99. The van der Waals surface area contributed by atoms with Crippen LogP contribution in [0.4, 0.5) is 0 Å². The summed E-state index contributed by atoms with van der Waals surface area (Å²) in [6.07, 6.45) is -0.521. The van der Waals surface area contributed by atoms with Gasteiger partial charge in [-0.05, 0) is 30.0 Å². The van der Waals surface area contributed by atoms with Gasteiger partial charge in [0.15, 0.2) is 0 Å². The zero-order chi connectivity index (χ0) is 12.3. The van der Waals surface area contributed by atoms with Crippen molar-refractivity contribution in [3.63, 3.8) is 0 Å². The zero-order valence-corrected chi connectivity index (χ0v) is 10.4. The standard InChI is InChI=1S/C13H21NO2/c1-8(2)13(15)12(14)10-5-6-11(16-4)9(3)7-10/h5-8,12-13,15H,14H2,1-4H3/t12-,13+/m0/s1. The van der Waals surface area contributed by atoms with Gasteiger partial charge in [0, 0.05) is 0 Å². The normalized spacial score (nSPS) is 14.9. The van der Waals surface area contributed by atoms with Gasteiger partial charge in [-0.25, -0.2) is 0 Å². The molecule has 0 aliphatic heterocycles. The van der Waals surface area contributed by atoms with Gasteiger partial charge in [0.05, 0.1) is 19.3 Å². The predicted molar refractivity (Wildman–Crippen MR) is 65.5 cm³/mol. The van der Waals surface area contributed by atoms with Crippen LogP contribution >= 0.6 is 0 Å². The summed E-state index contributed by atoms with van der Waals surface area (Å²) in [4.78, 5) is 0. The lowest BCUT2D eigenvalue weighted by Crippen LogP contribution is -2.30. The number of aryl methyl sites for hydroxylation is 1. The van der Waals surface area contributed by atoms with Gasteiger partial charge >= 0.3 is 0 Å². The lowest BCUT2D eigenvalue weighted by molar-refractivity contribution is 0.0979. The Morgan fingerprint density at radius 2 is 1.94 bits per heavy atom. The molecule has 0 spiro atoms. The molecule has 0 saturated carbocycles. The lowest BCUT2D eigenvalue weighted by atomic mass is 9.93. The Morgan fingerprint density at radius 1 is 1.31 bits per heavy atom. The smallest absolute Gasteiger partial charge is 0.121 e. The van der Waals surface area contributed by atoms with Gasteiger partial charge in [0.2, 0.25) is 0 Å². The molecule has 0 saturated heterocycles. The third kappa shape index (κ3) is 2.74. The number of benzene rings is 1. The summed E-state index contributed by atoms with van der Waals surface area (Å²) in [7, 11) is 1.64. The van der Waals surface area contributed by atoms with E-state index in [4.69, 9.17) is 10.5 Å². The van der Waals surface area contributed by atoms with Crippen LogP contribution in [0.15, 0.2) is 18.2 Å². The first-order chi connectivity index (χ1) is 7.47. The molecule has 1 rings (SSSR count). The fourth-order valence-corrected chi connectivity index (χ4v) is 1.72. The van der Waals surface area contributed by atoms with E-state index < -0.39 is 6.10 Å². The molecule has 0 bridgehead atoms. The van der Waals surface area contributed by atoms with Crippen LogP contribution in [-0.2, 0) is 0 Å². The third-order valence-electron chi connectivity index (χ3n) is 2.85. The molecule has 0 fully saturated rings. The van der Waals surface area contributed by atoms with Gasteiger partial charge in [-0.3, -0.25) is 0 Å². The van der Waals surface area contributed by atoms with E-state index in [1.54, 1.807) is 7.11 Å². The molecule has 0 radical (unpaired) electrons. The molecular weight excluding hydrogens is 202 g/mol. The highest BCUT2D eigenvalue weighted by molar-refractivity contribution is 5.37. The van der Waals surface area contributed by atoms with Crippen LogP contribution in [0.3, 0.4) is 0 Å². The van der Waals surface area contributed by atoms with Crippen LogP contribution in [0, 0.1) is 12.8 Å². The highest BCUT2D eigenvalue weighted by Crippen LogP contribution is 2.25. The van der Waals surface area contributed by atoms with Gasteiger partial charge in [-0.15, -0.1) is 0 Å². The van der Waals surface area contributed by atoms with E-state index >= 15 is 0 Å². The number of nitrogens with two attached hydrogens (primary N) is 1. The van der Waals surface area contributed by atoms with E-state index in [9.17, 15) is 5.11 Å². The fourth-order valence-electron chi connectivity index (χ4n) is 1.72. The number of methoxy groups -OCH3 is 1. The van der Waals surface area contributed by atoms with Crippen LogP contribution in [-0.4, -0.2) is 18.3 Å². The Balaban J connectivity index is 2.92. The SMILES string of the molecule is COc1ccc([C@H](N)[C@H](O)C(C)C)cc1C. The summed E-state index contributed by atoms with van der Waals surface area (Å²) >= 11 is 0. The average molecular weight is 223 g/mol. The number of ether oxygens (including phenoxy) is 1. The molecule has 1 aromatic rings. The third-order valence-corrected chi connectivity index (χ3v) is 2.85. The summed E-state index contributed by atoms with van der Waals surface area (Å²) in [6.45, 7) is 5.89. The Morgan fingerprint density at radius 3 is 2.38 bits per heavy atom. The first-order valence-corrected chi connectivity index (χ1v) is 5.55. The Bertz CT molecular complexity index is 350. The Kier molecular flexibility index (Phi) is 4.33. The number of aliphatic hydroxyl groups excluding tert-OH is 1. The van der Waals surface area contributed by atoms with Crippen molar-refractivity contribution in [1.29, 1.82) is 0 Å². The number of hydrogen-bond donors (Lipinski definition) is 2. The number of aliphatic hydroxyl groups is 1. The van der Waals surface area contributed by atoms with Gasteiger partial charge in [0.1, 0.15) is 5.75 Å². The van der Waals surface area contributed by atoms with E-state index in [-0.39, 0.29) is 12.0 Å². The summed E-state index contributed by atoms with van der Waals surface area (Å²) in [5, 5.41) is 9.91. The monoisotopic (exact) mass is 223 g/mol. The van der Waals surface area contributed by atoms with Crippen LogP contribution in [0.2, 0.25) is 0 Å². The van der Waals surface area contributed by atoms with Crippen molar-refractivity contribution in [2.45, 2.75) is 32.9 Å². The number of rotatable bonds is 4. The molecule has 3 heteroatoms. The molecular formula is C13H21NO2. The molecule has 3 N–H and O–H groups in total. The van der Waals surface area contributed by atoms with Crippen LogP contribution in [0.25, 0.3) is 0 Å². The van der Waals surface area contributed by atoms with Crippen molar-refractivity contribution in [3.05, 3.63) is 29.3 Å². The highest BCUT2D eigenvalue weighted by Gasteiger charge is 2.20. The lowest BCUT2D eigenvalue weighted by Gasteiger charge is -2.23. The van der Waals surface area contributed by atoms with Crippen molar-refractivity contribution >= 4 is 0 Å². The van der Waals surface area contributed by atoms with Gasteiger partial charge < -0.3 is 15.6 Å². The maximum Gasteiger partial charge on any atom is 0.121 e. The molecule has 0 aromatic heterocycles. The molecule has 1 aromatic carbocycles.